The highest BCUT2D eigenvalue weighted by Crippen LogP contribution is 2.21. The fraction of sp³-hybridized carbons (Fsp3) is 0.263. The Morgan fingerprint density at radius 1 is 1.31 bits per heavy atom. The molecule has 2 N–H and O–H groups in total. The SMILES string of the molecule is Cc1cc(Cl)ccc1OCC(=O)N/N=C\c1ccc(N(C)CCO)cc1. The minimum atomic E-state index is -0.352. The smallest absolute Gasteiger partial charge is 0.277 e. The van der Waals surface area contributed by atoms with Crippen molar-refractivity contribution in [2.45, 2.75) is 6.92 Å². The third-order valence-electron chi connectivity index (χ3n) is 3.67. The van der Waals surface area contributed by atoms with Crippen molar-refractivity contribution in [3.8, 4) is 5.75 Å². The van der Waals surface area contributed by atoms with Crippen LogP contribution in [-0.2, 0) is 4.79 Å². The molecule has 2 aromatic rings. The van der Waals surface area contributed by atoms with E-state index in [0.29, 0.717) is 17.3 Å². The number of ether oxygens (including phenoxy) is 1. The number of aliphatic hydroxyl groups is 1. The van der Waals surface area contributed by atoms with Crippen molar-refractivity contribution in [1.82, 2.24) is 5.43 Å². The summed E-state index contributed by atoms with van der Waals surface area (Å²) in [7, 11) is 1.90. The first-order chi connectivity index (χ1) is 12.5. The molecular weight excluding hydrogens is 354 g/mol. The maximum atomic E-state index is 11.8. The zero-order valence-electron chi connectivity index (χ0n) is 14.8. The predicted molar refractivity (Wildman–Crippen MR) is 104 cm³/mol. The summed E-state index contributed by atoms with van der Waals surface area (Å²) in [5, 5.41) is 13.5. The van der Waals surface area contributed by atoms with Gasteiger partial charge in [-0.2, -0.15) is 5.10 Å². The summed E-state index contributed by atoms with van der Waals surface area (Å²) in [4.78, 5) is 13.7. The first kappa shape index (κ1) is 19.8. The van der Waals surface area contributed by atoms with Crippen LogP contribution in [0.2, 0.25) is 5.02 Å². The van der Waals surface area contributed by atoms with E-state index in [0.717, 1.165) is 16.8 Å². The molecule has 6 nitrogen and oxygen atoms in total. The highest BCUT2D eigenvalue weighted by molar-refractivity contribution is 6.30. The van der Waals surface area contributed by atoms with E-state index in [-0.39, 0.29) is 19.1 Å². The fourth-order valence-corrected chi connectivity index (χ4v) is 2.45. The van der Waals surface area contributed by atoms with Gasteiger partial charge in [0.1, 0.15) is 5.75 Å². The van der Waals surface area contributed by atoms with E-state index in [1.54, 1.807) is 24.4 Å². The molecule has 0 heterocycles. The highest BCUT2D eigenvalue weighted by Gasteiger charge is 2.04. The summed E-state index contributed by atoms with van der Waals surface area (Å²) in [6.45, 7) is 2.39. The molecule has 0 spiro atoms. The summed E-state index contributed by atoms with van der Waals surface area (Å²) in [5.41, 5.74) is 5.13. The summed E-state index contributed by atoms with van der Waals surface area (Å²) in [6, 6.07) is 12.8. The van der Waals surface area contributed by atoms with Gasteiger partial charge in [-0.15, -0.1) is 0 Å². The number of rotatable bonds is 8. The lowest BCUT2D eigenvalue weighted by Crippen LogP contribution is -2.24. The van der Waals surface area contributed by atoms with E-state index < -0.39 is 0 Å². The third-order valence-corrected chi connectivity index (χ3v) is 3.90. The standard InChI is InChI=1S/C19H22ClN3O3/c1-14-11-16(20)5-8-18(14)26-13-19(25)22-21-12-15-3-6-17(7-4-15)23(2)9-10-24/h3-8,11-12,24H,9-10,13H2,1-2H3,(H,22,25)/b21-12-. The van der Waals surface area contributed by atoms with Crippen molar-refractivity contribution in [2.75, 3.05) is 31.7 Å². The van der Waals surface area contributed by atoms with Gasteiger partial charge >= 0.3 is 0 Å². The van der Waals surface area contributed by atoms with Crippen molar-refractivity contribution in [1.29, 1.82) is 0 Å². The van der Waals surface area contributed by atoms with Crippen molar-refractivity contribution in [3.05, 3.63) is 58.6 Å². The van der Waals surface area contributed by atoms with E-state index in [2.05, 4.69) is 10.5 Å². The second kappa shape index (κ2) is 9.79. The number of hydrogen-bond acceptors (Lipinski definition) is 5. The van der Waals surface area contributed by atoms with E-state index in [4.69, 9.17) is 21.4 Å². The molecule has 0 saturated heterocycles. The minimum absolute atomic E-state index is 0.101. The number of likely N-dealkylation sites (N-methyl/N-ethyl adjacent to an activating group) is 1. The highest BCUT2D eigenvalue weighted by atomic mass is 35.5. The molecule has 0 radical (unpaired) electrons. The van der Waals surface area contributed by atoms with Crippen LogP contribution in [0.1, 0.15) is 11.1 Å². The molecule has 0 unspecified atom stereocenters. The van der Waals surface area contributed by atoms with Crippen molar-refractivity contribution >= 4 is 29.4 Å². The molecule has 0 atom stereocenters. The van der Waals surface area contributed by atoms with Gasteiger partial charge in [-0.25, -0.2) is 5.43 Å². The van der Waals surface area contributed by atoms with Crippen LogP contribution < -0.4 is 15.1 Å². The number of benzene rings is 2. The summed E-state index contributed by atoms with van der Waals surface area (Å²) in [5.74, 6) is 0.256. The van der Waals surface area contributed by atoms with E-state index in [9.17, 15) is 4.79 Å². The molecule has 26 heavy (non-hydrogen) atoms. The Morgan fingerprint density at radius 3 is 2.69 bits per heavy atom. The van der Waals surface area contributed by atoms with E-state index in [1.807, 2.05) is 43.1 Å². The van der Waals surface area contributed by atoms with Crippen molar-refractivity contribution < 1.29 is 14.6 Å². The molecular formula is C19H22ClN3O3. The number of hydrogen-bond donors (Lipinski definition) is 2. The molecule has 2 aromatic carbocycles. The molecule has 2 rings (SSSR count). The molecule has 0 fully saturated rings. The Bertz CT molecular complexity index is 763. The van der Waals surface area contributed by atoms with Gasteiger partial charge in [0.05, 0.1) is 12.8 Å². The number of amides is 1. The Morgan fingerprint density at radius 2 is 2.04 bits per heavy atom. The minimum Gasteiger partial charge on any atom is -0.483 e. The maximum absolute atomic E-state index is 11.8. The van der Waals surface area contributed by atoms with Gasteiger partial charge in [0.25, 0.3) is 5.91 Å². The lowest BCUT2D eigenvalue weighted by atomic mass is 10.2. The average Bonchev–Trinajstić information content (AvgIpc) is 2.62. The number of hydrazone groups is 1. The fourth-order valence-electron chi connectivity index (χ4n) is 2.22. The van der Waals surface area contributed by atoms with Crippen LogP contribution in [0.25, 0.3) is 0 Å². The third kappa shape index (κ3) is 6.06. The molecule has 138 valence electrons. The van der Waals surface area contributed by atoms with Crippen LogP contribution in [0.15, 0.2) is 47.6 Å². The van der Waals surface area contributed by atoms with Gasteiger partial charge in [0.15, 0.2) is 6.61 Å². The van der Waals surface area contributed by atoms with Crippen LogP contribution in [-0.4, -0.2) is 44.0 Å². The quantitative estimate of drug-likeness (QED) is 0.549. The molecule has 0 saturated carbocycles. The monoisotopic (exact) mass is 375 g/mol. The number of anilines is 1. The second-order valence-corrected chi connectivity index (χ2v) is 6.16. The van der Waals surface area contributed by atoms with Gasteiger partial charge < -0.3 is 14.7 Å². The summed E-state index contributed by atoms with van der Waals surface area (Å²) >= 11 is 5.88. The summed E-state index contributed by atoms with van der Waals surface area (Å²) in [6.07, 6.45) is 1.56. The van der Waals surface area contributed by atoms with Crippen molar-refractivity contribution in [2.24, 2.45) is 5.10 Å². The Labute approximate surface area is 158 Å². The molecule has 1 amide bonds. The Kier molecular flexibility index (Phi) is 7.44. The number of halogens is 1. The number of carbonyl (C=O) groups is 1. The van der Waals surface area contributed by atoms with E-state index >= 15 is 0 Å². The zero-order valence-corrected chi connectivity index (χ0v) is 15.5. The summed E-state index contributed by atoms with van der Waals surface area (Å²) < 4.78 is 5.45. The van der Waals surface area contributed by atoms with Crippen LogP contribution >= 0.6 is 11.6 Å². The van der Waals surface area contributed by atoms with Crippen LogP contribution in [0.3, 0.4) is 0 Å². The molecule has 0 bridgehead atoms. The lowest BCUT2D eigenvalue weighted by Gasteiger charge is -2.17. The van der Waals surface area contributed by atoms with Crippen LogP contribution in [0.5, 0.6) is 5.75 Å². The van der Waals surface area contributed by atoms with Crippen molar-refractivity contribution in [3.63, 3.8) is 0 Å². The zero-order chi connectivity index (χ0) is 18.9. The molecule has 7 heteroatoms. The first-order valence-electron chi connectivity index (χ1n) is 8.12. The lowest BCUT2D eigenvalue weighted by molar-refractivity contribution is -0.123. The second-order valence-electron chi connectivity index (χ2n) is 5.73. The average molecular weight is 376 g/mol. The van der Waals surface area contributed by atoms with Crippen LogP contribution in [0, 0.1) is 6.92 Å². The molecule has 0 aliphatic rings. The number of nitrogens with one attached hydrogen (secondary N) is 1. The Balaban J connectivity index is 1.81. The van der Waals surface area contributed by atoms with Gasteiger partial charge in [0, 0.05) is 24.3 Å². The number of nitrogens with zero attached hydrogens (tertiary/aromatic N) is 2. The van der Waals surface area contributed by atoms with Gasteiger partial charge in [-0.1, -0.05) is 23.7 Å². The number of aliphatic hydroxyl groups excluding tert-OH is 1. The number of aryl methyl sites for hydroxylation is 1. The number of carbonyl (C=O) groups excluding carboxylic acids is 1. The van der Waals surface area contributed by atoms with Crippen LogP contribution in [0.4, 0.5) is 5.69 Å². The first-order valence-corrected chi connectivity index (χ1v) is 8.50. The maximum Gasteiger partial charge on any atom is 0.277 e. The molecule has 0 aromatic heterocycles. The van der Waals surface area contributed by atoms with E-state index in [1.165, 1.54) is 0 Å². The van der Waals surface area contributed by atoms with Gasteiger partial charge in [-0.3, -0.25) is 4.79 Å². The predicted octanol–water partition coefficient (Wildman–Crippen LogP) is 2.61. The normalized spacial score (nSPS) is 10.8. The topological polar surface area (TPSA) is 74.2 Å². The largest absolute Gasteiger partial charge is 0.483 e. The Hall–Kier alpha value is -2.57. The molecule has 0 aliphatic carbocycles. The van der Waals surface area contributed by atoms with Gasteiger partial charge in [0.2, 0.25) is 0 Å². The van der Waals surface area contributed by atoms with Gasteiger partial charge in [-0.05, 0) is 48.4 Å². The molecule has 0 aliphatic heterocycles.